The molecule has 6 heteroatoms. The van der Waals surface area contributed by atoms with Crippen molar-refractivity contribution in [2.75, 3.05) is 13.2 Å². The summed E-state index contributed by atoms with van der Waals surface area (Å²) >= 11 is 0. The Labute approximate surface area is 164 Å². The molecule has 2 aromatic rings. The summed E-state index contributed by atoms with van der Waals surface area (Å²) in [6, 6.07) is 13.6. The Morgan fingerprint density at radius 1 is 1.04 bits per heavy atom. The number of nitrogens with one attached hydrogen (secondary N) is 1. The van der Waals surface area contributed by atoms with Crippen molar-refractivity contribution < 1.29 is 23.5 Å². The second-order valence-electron chi connectivity index (χ2n) is 6.76. The Bertz CT molecular complexity index is 789. The first-order chi connectivity index (χ1) is 13.4. The van der Waals surface area contributed by atoms with Gasteiger partial charge in [-0.05, 0) is 35.6 Å². The van der Waals surface area contributed by atoms with E-state index in [2.05, 4.69) is 12.2 Å². The van der Waals surface area contributed by atoms with Crippen molar-refractivity contribution in [3.05, 3.63) is 65.5 Å². The molecule has 0 radical (unpaired) electrons. The van der Waals surface area contributed by atoms with Crippen LogP contribution in [-0.2, 0) is 20.7 Å². The molecule has 0 aromatic heterocycles. The zero-order valence-electron chi connectivity index (χ0n) is 16.4. The normalized spacial score (nSPS) is 11.8. The first kappa shape index (κ1) is 21.4. The van der Waals surface area contributed by atoms with E-state index in [1.165, 1.54) is 23.8 Å². The van der Waals surface area contributed by atoms with Gasteiger partial charge in [-0.1, -0.05) is 57.2 Å². The van der Waals surface area contributed by atoms with Gasteiger partial charge >= 0.3 is 5.97 Å². The van der Waals surface area contributed by atoms with Crippen LogP contribution in [-0.4, -0.2) is 25.1 Å². The van der Waals surface area contributed by atoms with Crippen molar-refractivity contribution in [3.8, 4) is 5.75 Å². The van der Waals surface area contributed by atoms with Gasteiger partial charge in [0.2, 0.25) is 0 Å². The van der Waals surface area contributed by atoms with Crippen LogP contribution in [0.5, 0.6) is 5.75 Å². The van der Waals surface area contributed by atoms with Gasteiger partial charge in [-0.25, -0.2) is 9.18 Å². The molecule has 1 amide bonds. The number of benzene rings is 2. The van der Waals surface area contributed by atoms with Crippen molar-refractivity contribution in [1.82, 2.24) is 5.32 Å². The maximum atomic E-state index is 13.4. The molecule has 0 aliphatic heterocycles. The lowest BCUT2D eigenvalue weighted by Gasteiger charge is -2.23. The average molecular weight is 387 g/mol. The van der Waals surface area contributed by atoms with Crippen LogP contribution in [0.15, 0.2) is 48.5 Å². The number of hydrogen-bond donors (Lipinski definition) is 1. The zero-order chi connectivity index (χ0) is 20.5. The Kier molecular flexibility index (Phi) is 7.99. The maximum Gasteiger partial charge on any atom is 0.344 e. The molecule has 0 aliphatic rings. The summed E-state index contributed by atoms with van der Waals surface area (Å²) in [5, 5.41) is 2.89. The van der Waals surface area contributed by atoms with E-state index in [4.69, 9.17) is 9.47 Å². The summed E-state index contributed by atoms with van der Waals surface area (Å²) in [7, 11) is 0. The fraction of sp³-hybridized carbons (Fsp3) is 0.364. The minimum Gasteiger partial charge on any atom is -0.479 e. The quantitative estimate of drug-likeness (QED) is 0.665. The Hall–Kier alpha value is -2.89. The number of amides is 1. The molecular weight excluding hydrogens is 361 g/mol. The molecule has 5 nitrogen and oxygen atoms in total. The number of hydrogen-bond acceptors (Lipinski definition) is 4. The van der Waals surface area contributed by atoms with Crippen molar-refractivity contribution in [2.24, 2.45) is 5.92 Å². The van der Waals surface area contributed by atoms with Crippen LogP contribution >= 0.6 is 0 Å². The van der Waals surface area contributed by atoms with Crippen LogP contribution in [0, 0.1) is 11.7 Å². The van der Waals surface area contributed by atoms with Gasteiger partial charge in [-0.15, -0.1) is 0 Å². The third-order valence-corrected chi connectivity index (χ3v) is 4.28. The van der Waals surface area contributed by atoms with Crippen LogP contribution < -0.4 is 10.1 Å². The Morgan fingerprint density at radius 2 is 1.71 bits per heavy atom. The number of carbonyl (C=O) groups is 2. The summed E-state index contributed by atoms with van der Waals surface area (Å²) in [5.41, 5.74) is 2.22. The van der Waals surface area contributed by atoms with Crippen molar-refractivity contribution >= 4 is 11.9 Å². The zero-order valence-corrected chi connectivity index (χ0v) is 16.4. The monoisotopic (exact) mass is 387 g/mol. The lowest BCUT2D eigenvalue weighted by Crippen LogP contribution is -2.35. The topological polar surface area (TPSA) is 64.6 Å². The fourth-order valence-electron chi connectivity index (χ4n) is 2.70. The fourth-order valence-corrected chi connectivity index (χ4v) is 2.70. The van der Waals surface area contributed by atoms with E-state index in [0.717, 1.165) is 12.0 Å². The van der Waals surface area contributed by atoms with E-state index in [1.54, 1.807) is 6.07 Å². The van der Waals surface area contributed by atoms with Gasteiger partial charge < -0.3 is 14.8 Å². The number of para-hydroxylation sites is 1. The highest BCUT2D eigenvalue weighted by molar-refractivity contribution is 5.81. The minimum absolute atomic E-state index is 0.0423. The van der Waals surface area contributed by atoms with Crippen LogP contribution in [0.4, 0.5) is 4.39 Å². The summed E-state index contributed by atoms with van der Waals surface area (Å²) < 4.78 is 23.4. The molecule has 1 atom stereocenters. The molecule has 0 aliphatic carbocycles. The Balaban J connectivity index is 1.83. The summed E-state index contributed by atoms with van der Waals surface area (Å²) in [6.45, 7) is 5.21. The number of aryl methyl sites for hydroxylation is 1. The van der Waals surface area contributed by atoms with E-state index in [9.17, 15) is 14.0 Å². The largest absolute Gasteiger partial charge is 0.479 e. The number of rotatable bonds is 9. The number of esters is 1. The summed E-state index contributed by atoms with van der Waals surface area (Å²) in [5.74, 6) is -1.60. The standard InChI is InChI=1S/C22H26FNO4/c1-4-16-9-11-17(12-10-16)22(15(2)3)24-20(25)13-28-21(26)14-27-19-8-6-5-7-18(19)23/h5-12,15,22H,4,13-14H2,1-3H3,(H,24,25)/t22-/m0/s1. The van der Waals surface area contributed by atoms with Gasteiger partial charge in [0, 0.05) is 0 Å². The molecule has 0 heterocycles. The molecule has 0 saturated carbocycles. The summed E-state index contributed by atoms with van der Waals surface area (Å²) in [6.07, 6.45) is 0.948. The smallest absolute Gasteiger partial charge is 0.344 e. The molecule has 2 aromatic carbocycles. The van der Waals surface area contributed by atoms with Gasteiger partial charge in [0.15, 0.2) is 24.8 Å². The summed E-state index contributed by atoms with van der Waals surface area (Å²) in [4.78, 5) is 23.9. The molecule has 0 spiro atoms. The molecule has 28 heavy (non-hydrogen) atoms. The van der Waals surface area contributed by atoms with Gasteiger partial charge in [-0.2, -0.15) is 0 Å². The van der Waals surface area contributed by atoms with Crippen molar-refractivity contribution in [2.45, 2.75) is 33.2 Å². The SMILES string of the molecule is CCc1ccc([C@@H](NC(=O)COC(=O)COc2ccccc2F)C(C)C)cc1. The molecule has 150 valence electrons. The average Bonchev–Trinajstić information content (AvgIpc) is 2.69. The minimum atomic E-state index is -0.744. The van der Waals surface area contributed by atoms with E-state index in [0.29, 0.717) is 0 Å². The van der Waals surface area contributed by atoms with Crippen LogP contribution in [0.2, 0.25) is 0 Å². The second-order valence-corrected chi connectivity index (χ2v) is 6.76. The molecule has 1 N–H and O–H groups in total. The highest BCUT2D eigenvalue weighted by Gasteiger charge is 2.19. The predicted molar refractivity (Wildman–Crippen MR) is 104 cm³/mol. The highest BCUT2D eigenvalue weighted by atomic mass is 19.1. The van der Waals surface area contributed by atoms with Crippen LogP contribution in [0.1, 0.15) is 37.9 Å². The van der Waals surface area contributed by atoms with Crippen LogP contribution in [0.3, 0.4) is 0 Å². The van der Waals surface area contributed by atoms with Crippen molar-refractivity contribution in [1.29, 1.82) is 0 Å². The maximum absolute atomic E-state index is 13.4. The highest BCUT2D eigenvalue weighted by Crippen LogP contribution is 2.22. The van der Waals surface area contributed by atoms with Gasteiger partial charge in [0.25, 0.3) is 5.91 Å². The molecule has 0 unspecified atom stereocenters. The molecule has 0 saturated heterocycles. The lowest BCUT2D eigenvalue weighted by atomic mass is 9.95. The van der Waals surface area contributed by atoms with E-state index in [1.807, 2.05) is 38.1 Å². The molecular formula is C22H26FNO4. The lowest BCUT2D eigenvalue weighted by molar-refractivity contribution is -0.150. The third kappa shape index (κ3) is 6.37. The third-order valence-electron chi connectivity index (χ3n) is 4.28. The number of halogens is 1. The van der Waals surface area contributed by atoms with Crippen LogP contribution in [0.25, 0.3) is 0 Å². The molecule has 2 rings (SSSR count). The van der Waals surface area contributed by atoms with Gasteiger partial charge in [0.05, 0.1) is 6.04 Å². The van der Waals surface area contributed by atoms with Gasteiger partial charge in [-0.3, -0.25) is 4.79 Å². The second kappa shape index (κ2) is 10.4. The predicted octanol–water partition coefficient (Wildman–Crippen LogP) is 3.82. The molecule has 0 bridgehead atoms. The number of ether oxygens (including phenoxy) is 2. The molecule has 0 fully saturated rings. The first-order valence-corrected chi connectivity index (χ1v) is 9.31. The Morgan fingerprint density at radius 3 is 2.32 bits per heavy atom. The van der Waals surface area contributed by atoms with Crippen molar-refractivity contribution in [3.63, 3.8) is 0 Å². The van der Waals surface area contributed by atoms with E-state index in [-0.39, 0.29) is 17.7 Å². The van der Waals surface area contributed by atoms with E-state index >= 15 is 0 Å². The van der Waals surface area contributed by atoms with Gasteiger partial charge in [0.1, 0.15) is 0 Å². The van der Waals surface area contributed by atoms with E-state index < -0.39 is 30.9 Å². The first-order valence-electron chi connectivity index (χ1n) is 9.31. The number of carbonyl (C=O) groups excluding carboxylic acids is 2.